The van der Waals surface area contributed by atoms with Crippen LogP contribution in [-0.2, 0) is 9.53 Å². The summed E-state index contributed by atoms with van der Waals surface area (Å²) in [6.45, 7) is 0.727. The zero-order chi connectivity index (χ0) is 13.4. The molecule has 0 amide bonds. The molecule has 1 aliphatic heterocycles. The van der Waals surface area contributed by atoms with E-state index in [1.807, 2.05) is 4.90 Å². The van der Waals surface area contributed by atoms with Crippen molar-refractivity contribution in [2.75, 3.05) is 24.3 Å². The van der Waals surface area contributed by atoms with Gasteiger partial charge in [-0.05, 0) is 12.8 Å². The van der Waals surface area contributed by atoms with E-state index in [2.05, 4.69) is 19.9 Å². The molecule has 3 N–H and O–H groups in total. The summed E-state index contributed by atoms with van der Waals surface area (Å²) < 4.78 is 4.83. The molecule has 2 aromatic heterocycles. The van der Waals surface area contributed by atoms with Crippen LogP contribution in [0.2, 0.25) is 0 Å². The molecule has 0 bridgehead atoms. The Morgan fingerprint density at radius 1 is 1.58 bits per heavy atom. The Balaban J connectivity index is 2.08. The van der Waals surface area contributed by atoms with Crippen LogP contribution in [0.25, 0.3) is 11.2 Å². The average molecular weight is 262 g/mol. The lowest BCUT2D eigenvalue weighted by molar-refractivity contribution is -0.141. The zero-order valence-electron chi connectivity index (χ0n) is 10.5. The molecule has 0 spiro atoms. The molecule has 0 aliphatic carbocycles. The van der Waals surface area contributed by atoms with Gasteiger partial charge in [0.15, 0.2) is 11.5 Å². The van der Waals surface area contributed by atoms with Crippen LogP contribution in [0.1, 0.15) is 12.8 Å². The second kappa shape index (κ2) is 4.38. The smallest absolute Gasteiger partial charge is 0.328 e. The van der Waals surface area contributed by atoms with Crippen molar-refractivity contribution in [3.63, 3.8) is 0 Å². The largest absolute Gasteiger partial charge is 0.467 e. The van der Waals surface area contributed by atoms with Gasteiger partial charge in [-0.1, -0.05) is 0 Å². The predicted molar refractivity (Wildman–Crippen MR) is 68.5 cm³/mol. The quantitative estimate of drug-likeness (QED) is 0.737. The number of nitrogen functional groups attached to an aromatic ring is 1. The molecule has 3 rings (SSSR count). The number of carbonyl (C=O) groups excluding carboxylic acids is 1. The highest BCUT2D eigenvalue weighted by Crippen LogP contribution is 2.29. The highest BCUT2D eigenvalue weighted by molar-refractivity contribution is 5.88. The summed E-state index contributed by atoms with van der Waals surface area (Å²) in [5.41, 5.74) is 6.87. The molecular weight excluding hydrogens is 248 g/mol. The number of aromatic nitrogens is 4. The van der Waals surface area contributed by atoms with Gasteiger partial charge in [0.25, 0.3) is 0 Å². The molecule has 2 aromatic rings. The Morgan fingerprint density at radius 3 is 3.21 bits per heavy atom. The number of imidazole rings is 1. The van der Waals surface area contributed by atoms with E-state index in [1.165, 1.54) is 13.4 Å². The number of fused-ring (bicyclic) bond motifs is 1. The second-order valence-corrected chi connectivity index (χ2v) is 4.38. The molecule has 1 aliphatic rings. The molecule has 1 saturated heterocycles. The third-order valence-corrected chi connectivity index (χ3v) is 3.28. The van der Waals surface area contributed by atoms with Crippen LogP contribution in [0.3, 0.4) is 0 Å². The van der Waals surface area contributed by atoms with E-state index in [0.29, 0.717) is 17.0 Å². The maximum absolute atomic E-state index is 11.8. The third kappa shape index (κ3) is 1.85. The van der Waals surface area contributed by atoms with Crippen molar-refractivity contribution in [3.05, 3.63) is 6.33 Å². The number of nitrogens with one attached hydrogen (secondary N) is 1. The van der Waals surface area contributed by atoms with E-state index in [4.69, 9.17) is 10.5 Å². The van der Waals surface area contributed by atoms with Crippen molar-refractivity contribution < 1.29 is 9.53 Å². The Kier molecular flexibility index (Phi) is 2.69. The van der Waals surface area contributed by atoms with E-state index in [1.54, 1.807) is 0 Å². The minimum atomic E-state index is -0.328. The SMILES string of the molecule is COC(=O)C1CCCN1c1nc(N)nc2nc[nH]c12. The summed E-state index contributed by atoms with van der Waals surface area (Å²) >= 11 is 0. The topological polar surface area (TPSA) is 110 Å². The highest BCUT2D eigenvalue weighted by atomic mass is 16.5. The van der Waals surface area contributed by atoms with Gasteiger partial charge in [0.2, 0.25) is 5.95 Å². The van der Waals surface area contributed by atoms with Crippen molar-refractivity contribution in [2.24, 2.45) is 0 Å². The Bertz CT molecular complexity index is 625. The number of carbonyl (C=O) groups is 1. The van der Waals surface area contributed by atoms with Crippen molar-refractivity contribution in [2.45, 2.75) is 18.9 Å². The van der Waals surface area contributed by atoms with Crippen LogP contribution in [-0.4, -0.2) is 45.6 Å². The Hall–Kier alpha value is -2.38. The summed E-state index contributed by atoms with van der Waals surface area (Å²) in [5, 5.41) is 0. The second-order valence-electron chi connectivity index (χ2n) is 4.38. The van der Waals surface area contributed by atoms with Gasteiger partial charge in [-0.15, -0.1) is 0 Å². The van der Waals surface area contributed by atoms with Crippen molar-refractivity contribution >= 4 is 28.9 Å². The van der Waals surface area contributed by atoms with E-state index in [0.717, 1.165) is 19.4 Å². The fourth-order valence-electron chi connectivity index (χ4n) is 2.44. The molecule has 1 unspecified atom stereocenters. The van der Waals surface area contributed by atoms with Crippen LogP contribution in [0.4, 0.5) is 11.8 Å². The number of esters is 1. The van der Waals surface area contributed by atoms with Crippen LogP contribution in [0, 0.1) is 0 Å². The molecule has 1 atom stereocenters. The van der Waals surface area contributed by atoms with Crippen LogP contribution < -0.4 is 10.6 Å². The maximum Gasteiger partial charge on any atom is 0.328 e. The van der Waals surface area contributed by atoms with Gasteiger partial charge < -0.3 is 20.4 Å². The molecular formula is C11H14N6O2. The molecule has 0 saturated carbocycles. The lowest BCUT2D eigenvalue weighted by atomic mass is 10.2. The predicted octanol–water partition coefficient (Wildman–Crippen LogP) is 0.0769. The summed E-state index contributed by atoms with van der Waals surface area (Å²) in [7, 11) is 1.39. The monoisotopic (exact) mass is 262 g/mol. The number of methoxy groups -OCH3 is 1. The minimum absolute atomic E-state index is 0.144. The maximum atomic E-state index is 11.8. The number of anilines is 2. The zero-order valence-corrected chi connectivity index (χ0v) is 10.5. The van der Waals surface area contributed by atoms with Gasteiger partial charge in [0, 0.05) is 6.54 Å². The molecule has 100 valence electrons. The summed E-state index contributed by atoms with van der Waals surface area (Å²) in [5.74, 6) is 0.486. The number of rotatable bonds is 2. The Morgan fingerprint density at radius 2 is 2.42 bits per heavy atom. The fourth-order valence-corrected chi connectivity index (χ4v) is 2.44. The van der Waals surface area contributed by atoms with Crippen LogP contribution in [0.5, 0.6) is 0 Å². The molecule has 8 heteroatoms. The van der Waals surface area contributed by atoms with Crippen molar-refractivity contribution in [3.8, 4) is 0 Å². The van der Waals surface area contributed by atoms with E-state index in [-0.39, 0.29) is 18.0 Å². The first kappa shape index (κ1) is 11.7. The molecule has 8 nitrogen and oxygen atoms in total. The molecule has 1 fully saturated rings. The first-order valence-electron chi connectivity index (χ1n) is 6.02. The molecule has 3 heterocycles. The van der Waals surface area contributed by atoms with Gasteiger partial charge in [0.05, 0.1) is 13.4 Å². The normalized spacial score (nSPS) is 19.0. The number of hydrogen-bond acceptors (Lipinski definition) is 7. The van der Waals surface area contributed by atoms with Gasteiger partial charge in [-0.3, -0.25) is 0 Å². The standard InChI is InChI=1S/C11H14N6O2/c1-19-10(18)6-3-2-4-17(6)9-7-8(14-5-13-7)15-11(12)16-9/h5-6H,2-4H2,1H3,(H3,12,13,14,15,16). The summed E-state index contributed by atoms with van der Waals surface area (Å²) in [6, 6.07) is -0.328. The fraction of sp³-hybridized carbons (Fsp3) is 0.455. The number of hydrogen-bond donors (Lipinski definition) is 2. The Labute approximate surface area is 109 Å². The average Bonchev–Trinajstić information content (AvgIpc) is 3.04. The van der Waals surface area contributed by atoms with Crippen LogP contribution in [0.15, 0.2) is 6.33 Å². The van der Waals surface area contributed by atoms with E-state index >= 15 is 0 Å². The number of aromatic amines is 1. The minimum Gasteiger partial charge on any atom is -0.467 e. The molecule has 0 radical (unpaired) electrons. The molecule has 0 aromatic carbocycles. The highest BCUT2D eigenvalue weighted by Gasteiger charge is 2.34. The van der Waals surface area contributed by atoms with Crippen molar-refractivity contribution in [1.29, 1.82) is 0 Å². The number of H-pyrrole nitrogens is 1. The third-order valence-electron chi connectivity index (χ3n) is 3.28. The lowest BCUT2D eigenvalue weighted by Gasteiger charge is -2.23. The van der Waals surface area contributed by atoms with E-state index in [9.17, 15) is 4.79 Å². The van der Waals surface area contributed by atoms with Gasteiger partial charge in [-0.2, -0.15) is 9.97 Å². The van der Waals surface area contributed by atoms with E-state index < -0.39 is 0 Å². The van der Waals surface area contributed by atoms with Gasteiger partial charge >= 0.3 is 5.97 Å². The number of nitrogens with zero attached hydrogens (tertiary/aromatic N) is 4. The van der Waals surface area contributed by atoms with Gasteiger partial charge in [0.1, 0.15) is 11.6 Å². The summed E-state index contributed by atoms with van der Waals surface area (Å²) in [4.78, 5) is 29.0. The first-order chi connectivity index (χ1) is 9.20. The number of nitrogens with two attached hydrogens (primary N) is 1. The first-order valence-corrected chi connectivity index (χ1v) is 6.02. The molecule has 19 heavy (non-hydrogen) atoms. The lowest BCUT2D eigenvalue weighted by Crippen LogP contribution is -2.37. The van der Waals surface area contributed by atoms with Crippen molar-refractivity contribution in [1.82, 2.24) is 19.9 Å². The number of ether oxygens (including phenoxy) is 1. The van der Waals surface area contributed by atoms with Gasteiger partial charge in [-0.25, -0.2) is 9.78 Å². The summed E-state index contributed by atoms with van der Waals surface area (Å²) in [6.07, 6.45) is 3.18. The van der Waals surface area contributed by atoms with Crippen LogP contribution >= 0.6 is 0 Å².